The second-order valence-electron chi connectivity index (χ2n) is 10.0. The minimum absolute atomic E-state index is 0.00531. The van der Waals surface area contributed by atoms with Crippen molar-refractivity contribution in [2.45, 2.75) is 60.5 Å². The van der Waals surface area contributed by atoms with Crippen LogP contribution in [0.4, 0.5) is 0 Å². The third-order valence-electron chi connectivity index (χ3n) is 8.21. The summed E-state index contributed by atoms with van der Waals surface area (Å²) in [4.78, 5) is 44.8. The van der Waals surface area contributed by atoms with E-state index in [1.165, 1.54) is 0 Å². The van der Waals surface area contributed by atoms with Crippen molar-refractivity contribution < 1.29 is 29.0 Å². The number of aliphatic hydroxyl groups excluding tert-OH is 1. The predicted molar refractivity (Wildman–Crippen MR) is 136 cm³/mol. The number of hydrogen-bond acceptors (Lipinski definition) is 8. The maximum Gasteiger partial charge on any atom is 0.310 e. The average Bonchev–Trinajstić information content (AvgIpc) is 3.44. The molecule has 4 fully saturated rings. The molecule has 198 valence electrons. The Morgan fingerprint density at radius 2 is 2.06 bits per heavy atom. The highest BCUT2D eigenvalue weighted by Crippen LogP contribution is 2.68. The number of halogens is 1. The van der Waals surface area contributed by atoms with Crippen LogP contribution in [0.5, 0.6) is 0 Å². The van der Waals surface area contributed by atoms with Crippen LogP contribution in [0.1, 0.15) is 33.6 Å². The molecule has 1 spiro atoms. The van der Waals surface area contributed by atoms with Gasteiger partial charge < -0.3 is 24.8 Å². The molecule has 8 atom stereocenters. The molecule has 11 heteroatoms. The third-order valence-corrected chi connectivity index (χ3v) is 11.4. The number of amides is 2. The van der Waals surface area contributed by atoms with Gasteiger partial charge in [-0.25, -0.2) is 0 Å². The zero-order valence-electron chi connectivity index (χ0n) is 20.8. The fraction of sp³-hybridized carbons (Fsp3) is 0.875. The summed E-state index contributed by atoms with van der Waals surface area (Å²) in [7, 11) is 0. The number of nitrogens with zero attached hydrogens (tertiary/aromatic N) is 2. The first-order valence-corrected chi connectivity index (χ1v) is 14.6. The summed E-state index contributed by atoms with van der Waals surface area (Å²) in [5.74, 6) is -2.00. The van der Waals surface area contributed by atoms with Crippen LogP contribution in [0, 0.1) is 17.8 Å². The molecule has 2 N–H and O–H groups in total. The van der Waals surface area contributed by atoms with Gasteiger partial charge in [0, 0.05) is 36.3 Å². The quantitative estimate of drug-likeness (QED) is 0.292. The van der Waals surface area contributed by atoms with Crippen LogP contribution in [0.2, 0.25) is 0 Å². The van der Waals surface area contributed by atoms with Gasteiger partial charge >= 0.3 is 5.97 Å². The highest BCUT2D eigenvalue weighted by molar-refractivity contribution is 9.09. The Hall–Kier alpha value is -0.880. The molecule has 3 unspecified atom stereocenters. The van der Waals surface area contributed by atoms with Gasteiger partial charge in [-0.05, 0) is 19.3 Å². The highest BCUT2D eigenvalue weighted by Gasteiger charge is 2.76. The lowest BCUT2D eigenvalue weighted by Crippen LogP contribution is -2.58. The van der Waals surface area contributed by atoms with Gasteiger partial charge in [0.05, 0.1) is 49.1 Å². The third kappa shape index (κ3) is 4.76. The smallest absolute Gasteiger partial charge is 0.310 e. The minimum Gasteiger partial charge on any atom is -0.466 e. The molecule has 4 aliphatic rings. The van der Waals surface area contributed by atoms with Crippen LogP contribution >= 0.6 is 27.7 Å². The van der Waals surface area contributed by atoms with Crippen LogP contribution in [0.25, 0.3) is 0 Å². The molecule has 4 aliphatic heterocycles. The molecule has 9 nitrogen and oxygen atoms in total. The standard InChI is InChI=1S/C24H38BrN3O6S/c1-4-14(3)16(13-29)28-20(21(30)26-6-7-27-8-10-33-11-9-27)24-12-15(25)19(35-24)17(18(24)22(28)31)23(32)34-5-2/h14-20,29H,4-13H2,1-3H3,(H,26,30)/t14-,15?,16-,17+,18-,19+,20?,24?/m0/s1. The molecule has 4 rings (SSSR count). The highest BCUT2D eigenvalue weighted by atomic mass is 79.9. The van der Waals surface area contributed by atoms with Gasteiger partial charge in [-0.1, -0.05) is 36.2 Å². The van der Waals surface area contributed by atoms with Gasteiger partial charge in [0.25, 0.3) is 0 Å². The Morgan fingerprint density at radius 1 is 1.34 bits per heavy atom. The Bertz CT molecular complexity index is 814. The number of hydrogen-bond donors (Lipinski definition) is 2. The number of carbonyl (C=O) groups excluding carboxylic acids is 3. The van der Waals surface area contributed by atoms with E-state index >= 15 is 0 Å². The van der Waals surface area contributed by atoms with E-state index in [0.717, 1.165) is 19.5 Å². The van der Waals surface area contributed by atoms with E-state index in [4.69, 9.17) is 9.47 Å². The molecule has 0 aromatic heterocycles. The van der Waals surface area contributed by atoms with Gasteiger partial charge in [-0.2, -0.15) is 0 Å². The largest absolute Gasteiger partial charge is 0.466 e. The molecule has 4 heterocycles. The number of morpholine rings is 1. The number of ether oxygens (including phenoxy) is 2. The normalized spacial score (nSPS) is 36.2. The fourth-order valence-electron chi connectivity index (χ4n) is 6.31. The summed E-state index contributed by atoms with van der Waals surface area (Å²) in [6, 6.07) is -1.23. The van der Waals surface area contributed by atoms with Crippen LogP contribution in [-0.4, -0.2) is 112 Å². The predicted octanol–water partition coefficient (Wildman–Crippen LogP) is 0.870. The summed E-state index contributed by atoms with van der Waals surface area (Å²) in [6.07, 6.45) is 1.38. The monoisotopic (exact) mass is 575 g/mol. The SMILES string of the molecule is CCOC(=O)[C@H]1[C@@H]2SC3(CC2Br)C(C(=O)NCCN2CCOCC2)N([C@@H](CO)[C@@H](C)CC)C(=O)[C@H]13. The van der Waals surface area contributed by atoms with Gasteiger partial charge in [-0.3, -0.25) is 19.3 Å². The van der Waals surface area contributed by atoms with E-state index < -0.39 is 28.7 Å². The van der Waals surface area contributed by atoms with Gasteiger partial charge in [-0.15, -0.1) is 11.8 Å². The maximum absolute atomic E-state index is 14.0. The van der Waals surface area contributed by atoms with E-state index in [0.29, 0.717) is 32.7 Å². The Kier molecular flexibility index (Phi) is 8.73. The summed E-state index contributed by atoms with van der Waals surface area (Å²) in [6.45, 7) is 10.0. The lowest BCUT2D eigenvalue weighted by Gasteiger charge is -2.39. The molecule has 2 amide bonds. The molecular formula is C24H38BrN3O6S. The summed E-state index contributed by atoms with van der Waals surface area (Å²) < 4.78 is 10.1. The minimum atomic E-state index is -0.745. The molecular weight excluding hydrogens is 538 g/mol. The van der Waals surface area contributed by atoms with Crippen molar-refractivity contribution in [3.63, 3.8) is 0 Å². The first-order valence-electron chi connectivity index (χ1n) is 12.8. The molecule has 0 saturated carbocycles. The average molecular weight is 577 g/mol. The second-order valence-corrected chi connectivity index (χ2v) is 12.8. The van der Waals surface area contributed by atoms with Crippen molar-refractivity contribution in [3.8, 4) is 0 Å². The lowest BCUT2D eigenvalue weighted by molar-refractivity contribution is -0.154. The first kappa shape index (κ1) is 27.2. The number of carbonyl (C=O) groups is 3. The number of fused-ring (bicyclic) bond motifs is 1. The zero-order valence-corrected chi connectivity index (χ0v) is 23.2. The second kappa shape index (κ2) is 11.2. The van der Waals surface area contributed by atoms with E-state index in [1.807, 2.05) is 13.8 Å². The van der Waals surface area contributed by atoms with Crippen LogP contribution in [-0.2, 0) is 23.9 Å². The Labute approximate surface area is 220 Å². The van der Waals surface area contributed by atoms with Gasteiger partial charge in [0.15, 0.2) is 0 Å². The summed E-state index contributed by atoms with van der Waals surface area (Å²) in [5, 5.41) is 13.3. The van der Waals surface area contributed by atoms with Gasteiger partial charge in [0.2, 0.25) is 11.8 Å². The topological polar surface area (TPSA) is 108 Å². The number of esters is 1. The van der Waals surface area contributed by atoms with E-state index in [2.05, 4.69) is 26.1 Å². The summed E-state index contributed by atoms with van der Waals surface area (Å²) in [5.41, 5.74) is 0. The Balaban J connectivity index is 1.63. The van der Waals surface area contributed by atoms with E-state index in [9.17, 15) is 19.5 Å². The van der Waals surface area contributed by atoms with Crippen molar-refractivity contribution in [1.82, 2.24) is 15.1 Å². The van der Waals surface area contributed by atoms with Crippen molar-refractivity contribution >= 4 is 45.5 Å². The van der Waals surface area contributed by atoms with Gasteiger partial charge in [0.1, 0.15) is 6.04 Å². The number of alkyl halides is 1. The number of thioether (sulfide) groups is 1. The fourth-order valence-corrected chi connectivity index (χ4v) is 9.89. The number of rotatable bonds is 10. The molecule has 0 aromatic carbocycles. The van der Waals surface area contributed by atoms with Crippen LogP contribution < -0.4 is 5.32 Å². The van der Waals surface area contributed by atoms with E-state index in [1.54, 1.807) is 23.6 Å². The number of likely N-dealkylation sites (tertiary alicyclic amines) is 1. The van der Waals surface area contributed by atoms with Crippen molar-refractivity contribution in [2.24, 2.45) is 17.8 Å². The molecule has 35 heavy (non-hydrogen) atoms. The molecule has 0 aromatic rings. The lowest BCUT2D eigenvalue weighted by atomic mass is 9.71. The maximum atomic E-state index is 14.0. The number of aliphatic hydroxyl groups is 1. The van der Waals surface area contributed by atoms with Crippen LogP contribution in [0.15, 0.2) is 0 Å². The van der Waals surface area contributed by atoms with Crippen molar-refractivity contribution in [3.05, 3.63) is 0 Å². The zero-order chi connectivity index (χ0) is 25.3. The Morgan fingerprint density at radius 3 is 2.69 bits per heavy atom. The number of nitrogens with one attached hydrogen (secondary N) is 1. The first-order chi connectivity index (χ1) is 16.8. The van der Waals surface area contributed by atoms with Crippen molar-refractivity contribution in [1.29, 1.82) is 0 Å². The van der Waals surface area contributed by atoms with Crippen LogP contribution in [0.3, 0.4) is 0 Å². The molecule has 4 saturated heterocycles. The molecule has 0 radical (unpaired) electrons. The molecule has 2 bridgehead atoms. The van der Waals surface area contributed by atoms with Crippen molar-refractivity contribution in [2.75, 3.05) is 52.6 Å². The van der Waals surface area contributed by atoms with E-state index in [-0.39, 0.29) is 47.0 Å². The molecule has 0 aliphatic carbocycles. The summed E-state index contributed by atoms with van der Waals surface area (Å²) >= 11 is 5.34.